The van der Waals surface area contributed by atoms with E-state index in [1.165, 1.54) is 0 Å². The van der Waals surface area contributed by atoms with Gasteiger partial charge >= 0.3 is 0 Å². The van der Waals surface area contributed by atoms with E-state index in [4.69, 9.17) is 4.74 Å². The molecule has 0 aliphatic heterocycles. The Labute approximate surface area is 74.7 Å². The van der Waals surface area contributed by atoms with Crippen LogP contribution in [0.25, 0.3) is 0 Å². The zero-order valence-electron chi connectivity index (χ0n) is 8.29. The minimum atomic E-state index is 0.385. The van der Waals surface area contributed by atoms with Gasteiger partial charge in [0, 0.05) is 5.70 Å². The zero-order valence-corrected chi connectivity index (χ0v) is 8.29. The maximum absolute atomic E-state index is 5.00. The number of rotatable bonds is 4. The molecule has 0 aromatic heterocycles. The topological polar surface area (TPSA) is 21.6 Å². The summed E-state index contributed by atoms with van der Waals surface area (Å²) in [5, 5.41) is 0. The molecule has 0 amide bonds. The monoisotopic (exact) mass is 167 g/mol. The van der Waals surface area contributed by atoms with E-state index in [0.29, 0.717) is 5.92 Å². The van der Waals surface area contributed by atoms with Gasteiger partial charge in [0.25, 0.3) is 0 Å². The predicted octanol–water partition coefficient (Wildman–Crippen LogP) is 2.78. The van der Waals surface area contributed by atoms with Crippen LogP contribution in [0.5, 0.6) is 0 Å². The fourth-order valence-corrected chi connectivity index (χ4v) is 0.541. The summed E-state index contributed by atoms with van der Waals surface area (Å²) < 4.78 is 5.00. The Morgan fingerprint density at radius 3 is 2.42 bits per heavy atom. The van der Waals surface area contributed by atoms with Gasteiger partial charge in [0.1, 0.15) is 5.76 Å². The number of aliphatic imine (C=N–C) groups is 1. The van der Waals surface area contributed by atoms with Gasteiger partial charge in [-0.3, -0.25) is 4.99 Å². The molecular formula is C10H17NO. The number of ether oxygens (including phenoxy) is 1. The van der Waals surface area contributed by atoms with Crippen molar-refractivity contribution in [3.05, 3.63) is 24.1 Å². The van der Waals surface area contributed by atoms with Gasteiger partial charge in [-0.2, -0.15) is 0 Å². The van der Waals surface area contributed by atoms with Gasteiger partial charge in [-0.1, -0.05) is 20.4 Å². The summed E-state index contributed by atoms with van der Waals surface area (Å²) in [5.41, 5.74) is 0.867. The van der Waals surface area contributed by atoms with Gasteiger partial charge in [-0.15, -0.1) is 0 Å². The van der Waals surface area contributed by atoms with Crippen LogP contribution in [0.4, 0.5) is 0 Å². The third-order valence-electron chi connectivity index (χ3n) is 1.54. The van der Waals surface area contributed by atoms with Crippen molar-refractivity contribution in [3.8, 4) is 0 Å². The summed E-state index contributed by atoms with van der Waals surface area (Å²) >= 11 is 0. The second-order valence-corrected chi connectivity index (χ2v) is 2.80. The number of methoxy groups -OCH3 is 1. The maximum atomic E-state index is 5.00. The van der Waals surface area contributed by atoms with Crippen LogP contribution >= 0.6 is 0 Å². The summed E-state index contributed by atoms with van der Waals surface area (Å²) in [5.74, 6) is 1.15. The summed E-state index contributed by atoms with van der Waals surface area (Å²) in [7, 11) is 1.62. The van der Waals surface area contributed by atoms with E-state index in [1.54, 1.807) is 13.3 Å². The zero-order chi connectivity index (χ0) is 9.56. The van der Waals surface area contributed by atoms with Crippen molar-refractivity contribution in [2.45, 2.75) is 20.8 Å². The first-order chi connectivity index (χ1) is 5.61. The maximum Gasteiger partial charge on any atom is 0.132 e. The molecule has 0 spiro atoms. The molecule has 0 bridgehead atoms. The van der Waals surface area contributed by atoms with Crippen molar-refractivity contribution in [1.29, 1.82) is 0 Å². The molecule has 0 fully saturated rings. The van der Waals surface area contributed by atoms with Crippen molar-refractivity contribution in [2.75, 3.05) is 7.11 Å². The van der Waals surface area contributed by atoms with Gasteiger partial charge in [0.15, 0.2) is 0 Å². The molecule has 2 heteroatoms. The van der Waals surface area contributed by atoms with Gasteiger partial charge in [-0.25, -0.2) is 0 Å². The Morgan fingerprint density at radius 1 is 1.50 bits per heavy atom. The summed E-state index contributed by atoms with van der Waals surface area (Å²) in [4.78, 5) is 4.15. The first-order valence-electron chi connectivity index (χ1n) is 4.05. The molecule has 0 heterocycles. The van der Waals surface area contributed by atoms with Gasteiger partial charge in [0.05, 0.1) is 13.3 Å². The second-order valence-electron chi connectivity index (χ2n) is 2.80. The standard InChI is InChI=1S/C10H17NO/c1-6-10(12-5)7-11-9(4)8(2)3/h6-8H,4H2,1-3,5H3/b10-6+,11-7?. The first kappa shape index (κ1) is 11.0. The third kappa shape index (κ3) is 3.96. The van der Waals surface area contributed by atoms with Crippen molar-refractivity contribution in [3.63, 3.8) is 0 Å². The van der Waals surface area contributed by atoms with Crippen molar-refractivity contribution < 1.29 is 4.74 Å². The van der Waals surface area contributed by atoms with E-state index in [1.807, 2.05) is 13.0 Å². The highest BCUT2D eigenvalue weighted by Gasteiger charge is 1.96. The van der Waals surface area contributed by atoms with Crippen LogP contribution in [-0.4, -0.2) is 13.3 Å². The first-order valence-corrected chi connectivity index (χ1v) is 4.05. The van der Waals surface area contributed by atoms with Crippen molar-refractivity contribution >= 4 is 6.21 Å². The fourth-order valence-electron chi connectivity index (χ4n) is 0.541. The van der Waals surface area contributed by atoms with Gasteiger partial charge in [-0.05, 0) is 18.9 Å². The molecule has 0 aromatic carbocycles. The van der Waals surface area contributed by atoms with Crippen LogP contribution in [0.15, 0.2) is 29.1 Å². The molecule has 0 saturated carbocycles. The average Bonchev–Trinajstić information content (AvgIpc) is 2.05. The minimum Gasteiger partial charge on any atom is -0.495 e. The number of allylic oxidation sites excluding steroid dienone is 3. The lowest BCUT2D eigenvalue weighted by atomic mass is 10.2. The smallest absolute Gasteiger partial charge is 0.132 e. The van der Waals surface area contributed by atoms with Crippen molar-refractivity contribution in [2.24, 2.45) is 10.9 Å². The second kappa shape index (κ2) is 5.58. The Kier molecular flexibility index (Phi) is 5.09. The molecule has 0 saturated heterocycles. The van der Waals surface area contributed by atoms with Crippen LogP contribution in [0.1, 0.15) is 20.8 Å². The van der Waals surface area contributed by atoms with E-state index in [9.17, 15) is 0 Å². The minimum absolute atomic E-state index is 0.385. The number of hydrogen-bond acceptors (Lipinski definition) is 2. The van der Waals surface area contributed by atoms with Crippen LogP contribution in [-0.2, 0) is 4.74 Å². The highest BCUT2D eigenvalue weighted by molar-refractivity contribution is 5.76. The molecule has 68 valence electrons. The SMILES string of the molecule is C=C(N=C/C(=C\C)OC)C(C)C. The van der Waals surface area contributed by atoms with Crippen LogP contribution < -0.4 is 0 Å². The Hall–Kier alpha value is -1.05. The Bertz CT molecular complexity index is 202. The van der Waals surface area contributed by atoms with E-state index in [2.05, 4.69) is 25.4 Å². The quantitative estimate of drug-likeness (QED) is 0.466. The molecule has 0 aromatic rings. The molecule has 0 atom stereocenters. The number of nitrogens with zero attached hydrogens (tertiary/aromatic N) is 1. The van der Waals surface area contributed by atoms with Crippen LogP contribution in [0.3, 0.4) is 0 Å². The summed E-state index contributed by atoms with van der Waals surface area (Å²) in [6.07, 6.45) is 3.54. The van der Waals surface area contributed by atoms with Gasteiger partial charge in [0.2, 0.25) is 0 Å². The molecule has 0 rings (SSSR count). The van der Waals surface area contributed by atoms with E-state index >= 15 is 0 Å². The fraction of sp³-hybridized carbons (Fsp3) is 0.500. The third-order valence-corrected chi connectivity index (χ3v) is 1.54. The highest BCUT2D eigenvalue weighted by atomic mass is 16.5. The van der Waals surface area contributed by atoms with Gasteiger partial charge < -0.3 is 4.74 Å². The molecular weight excluding hydrogens is 150 g/mol. The molecule has 0 unspecified atom stereocenters. The lowest BCUT2D eigenvalue weighted by Crippen LogP contribution is -1.92. The van der Waals surface area contributed by atoms with E-state index < -0.39 is 0 Å². The number of hydrogen-bond donors (Lipinski definition) is 0. The summed E-state index contributed by atoms with van der Waals surface area (Å²) in [6.45, 7) is 9.83. The summed E-state index contributed by atoms with van der Waals surface area (Å²) in [6, 6.07) is 0. The van der Waals surface area contributed by atoms with Crippen LogP contribution in [0.2, 0.25) is 0 Å². The molecule has 0 aliphatic rings. The van der Waals surface area contributed by atoms with Crippen molar-refractivity contribution in [1.82, 2.24) is 0 Å². The molecule has 12 heavy (non-hydrogen) atoms. The Balaban J connectivity index is 4.15. The Morgan fingerprint density at radius 2 is 2.08 bits per heavy atom. The molecule has 0 radical (unpaired) electrons. The normalized spacial score (nSPS) is 12.6. The molecule has 0 N–H and O–H groups in total. The largest absolute Gasteiger partial charge is 0.495 e. The lowest BCUT2D eigenvalue weighted by Gasteiger charge is -2.02. The van der Waals surface area contributed by atoms with Crippen LogP contribution in [0, 0.1) is 5.92 Å². The van der Waals surface area contributed by atoms with E-state index in [0.717, 1.165) is 11.5 Å². The average molecular weight is 167 g/mol. The molecule has 2 nitrogen and oxygen atoms in total. The molecule has 0 aliphatic carbocycles. The predicted molar refractivity (Wildman–Crippen MR) is 53.2 cm³/mol. The highest BCUT2D eigenvalue weighted by Crippen LogP contribution is 2.07. The lowest BCUT2D eigenvalue weighted by molar-refractivity contribution is 0.316. The van der Waals surface area contributed by atoms with E-state index in [-0.39, 0.29) is 0 Å².